The van der Waals surface area contributed by atoms with Crippen LogP contribution >= 0.6 is 0 Å². The summed E-state index contributed by atoms with van der Waals surface area (Å²) in [6.45, 7) is 7.99. The topological polar surface area (TPSA) is 65.4 Å². The quantitative estimate of drug-likeness (QED) is 0.863. The number of hydrogen-bond acceptors (Lipinski definition) is 4. The molecule has 0 radical (unpaired) electrons. The second-order valence-electron chi connectivity index (χ2n) is 6.78. The highest BCUT2D eigenvalue weighted by atomic mass is 16.5. The Labute approximate surface area is 154 Å². The normalized spacial score (nSPS) is 15.9. The van der Waals surface area contributed by atoms with E-state index in [9.17, 15) is 4.79 Å². The second-order valence-corrected chi connectivity index (χ2v) is 6.78. The Morgan fingerprint density at radius 1 is 1.42 bits per heavy atom. The van der Waals surface area contributed by atoms with E-state index in [2.05, 4.69) is 24.3 Å². The molecule has 1 atom stereocenters. The monoisotopic (exact) mass is 357 g/mol. The molecule has 26 heavy (non-hydrogen) atoms. The van der Waals surface area contributed by atoms with Crippen LogP contribution in [0, 0.1) is 19.8 Å². The van der Waals surface area contributed by atoms with Gasteiger partial charge >= 0.3 is 0 Å². The molecule has 0 spiro atoms. The van der Waals surface area contributed by atoms with E-state index in [0.29, 0.717) is 19.6 Å². The smallest absolute Gasteiger partial charge is 0.227 e. The van der Waals surface area contributed by atoms with Crippen molar-refractivity contribution in [3.63, 3.8) is 0 Å². The van der Waals surface area contributed by atoms with Crippen molar-refractivity contribution in [2.45, 2.75) is 46.7 Å². The van der Waals surface area contributed by atoms with E-state index in [-0.39, 0.29) is 11.8 Å². The van der Waals surface area contributed by atoms with Gasteiger partial charge in [-0.25, -0.2) is 0 Å². The molecule has 0 unspecified atom stereocenters. The van der Waals surface area contributed by atoms with E-state index in [0.717, 1.165) is 47.0 Å². The summed E-state index contributed by atoms with van der Waals surface area (Å²) in [7, 11) is 1.64. The average molecular weight is 357 g/mol. The fourth-order valence-electron chi connectivity index (χ4n) is 3.41. The number of aromatic nitrogens is 2. The summed E-state index contributed by atoms with van der Waals surface area (Å²) in [5, 5.41) is 7.63. The fraction of sp³-hybridized carbons (Fsp3) is 0.500. The van der Waals surface area contributed by atoms with E-state index >= 15 is 0 Å². The van der Waals surface area contributed by atoms with Crippen LogP contribution in [0.1, 0.15) is 35.9 Å². The minimum absolute atomic E-state index is 0.0144. The van der Waals surface area contributed by atoms with Crippen LogP contribution in [0.2, 0.25) is 0 Å². The number of aryl methyl sites for hydroxylation is 2. The number of ether oxygens (including phenoxy) is 2. The number of rotatable bonds is 6. The summed E-state index contributed by atoms with van der Waals surface area (Å²) in [4.78, 5) is 12.6. The molecular formula is C20H27N3O3. The number of nitrogens with one attached hydrogen (secondary N) is 1. The largest absolute Gasteiger partial charge is 0.497 e. The van der Waals surface area contributed by atoms with E-state index in [1.807, 2.05) is 29.8 Å². The molecule has 1 aliphatic rings. The summed E-state index contributed by atoms with van der Waals surface area (Å²) >= 11 is 0. The molecule has 1 aromatic heterocycles. The fourth-order valence-corrected chi connectivity index (χ4v) is 3.41. The molecule has 0 saturated heterocycles. The van der Waals surface area contributed by atoms with Crippen molar-refractivity contribution in [1.29, 1.82) is 0 Å². The summed E-state index contributed by atoms with van der Waals surface area (Å²) in [6, 6.07) is 5.72. The number of fused-ring (bicyclic) bond motifs is 1. The van der Waals surface area contributed by atoms with Gasteiger partial charge in [-0.1, -0.05) is 6.92 Å². The molecule has 2 aromatic rings. The number of nitrogens with zero attached hydrogens (tertiary/aromatic N) is 2. The van der Waals surface area contributed by atoms with Crippen LogP contribution in [-0.2, 0) is 24.3 Å². The van der Waals surface area contributed by atoms with Crippen LogP contribution in [0.3, 0.4) is 0 Å². The van der Waals surface area contributed by atoms with Crippen molar-refractivity contribution in [2.75, 3.05) is 13.7 Å². The van der Waals surface area contributed by atoms with Gasteiger partial charge in [-0.05, 0) is 50.5 Å². The number of amides is 1. The van der Waals surface area contributed by atoms with Gasteiger partial charge in [-0.15, -0.1) is 0 Å². The molecule has 0 bridgehead atoms. The van der Waals surface area contributed by atoms with Crippen molar-refractivity contribution in [3.05, 3.63) is 40.7 Å². The number of benzene rings is 1. The molecular weight excluding hydrogens is 330 g/mol. The van der Waals surface area contributed by atoms with Crippen molar-refractivity contribution < 1.29 is 14.3 Å². The van der Waals surface area contributed by atoms with E-state index in [1.54, 1.807) is 7.11 Å². The minimum Gasteiger partial charge on any atom is -0.497 e. The molecule has 0 saturated carbocycles. The average Bonchev–Trinajstić information content (AvgIpc) is 2.92. The summed E-state index contributed by atoms with van der Waals surface area (Å²) in [5.41, 5.74) is 4.22. The van der Waals surface area contributed by atoms with Crippen LogP contribution < -0.4 is 14.8 Å². The lowest BCUT2D eigenvalue weighted by Crippen LogP contribution is -2.37. The maximum atomic E-state index is 12.6. The summed E-state index contributed by atoms with van der Waals surface area (Å²) < 4.78 is 13.0. The predicted molar refractivity (Wildman–Crippen MR) is 99.5 cm³/mol. The van der Waals surface area contributed by atoms with Gasteiger partial charge in [0.1, 0.15) is 18.1 Å². The summed E-state index contributed by atoms with van der Waals surface area (Å²) in [6.07, 6.45) is 1.70. The highest BCUT2D eigenvalue weighted by Crippen LogP contribution is 2.30. The van der Waals surface area contributed by atoms with Gasteiger partial charge < -0.3 is 14.8 Å². The standard InChI is InChI=1S/C20H27N3O3/c1-5-8-23-14(3)18(13(2)22-23)11-21-20(24)16-9-15-10-17(25-4)6-7-19(15)26-12-16/h6-7,10,16H,5,8-9,11-12H2,1-4H3,(H,21,24)/t16-/m1/s1. The zero-order valence-electron chi connectivity index (χ0n) is 16.0. The Balaban J connectivity index is 1.64. The van der Waals surface area contributed by atoms with Gasteiger partial charge in [0.25, 0.3) is 0 Å². The summed E-state index contributed by atoms with van der Waals surface area (Å²) in [5.74, 6) is 1.44. The van der Waals surface area contributed by atoms with E-state index < -0.39 is 0 Å². The van der Waals surface area contributed by atoms with Crippen molar-refractivity contribution >= 4 is 5.91 Å². The molecule has 0 fully saturated rings. The highest BCUT2D eigenvalue weighted by Gasteiger charge is 2.26. The third kappa shape index (κ3) is 3.69. The van der Waals surface area contributed by atoms with Crippen LogP contribution in [-0.4, -0.2) is 29.4 Å². The first-order chi connectivity index (χ1) is 12.5. The first kappa shape index (κ1) is 18.3. The van der Waals surface area contributed by atoms with E-state index in [4.69, 9.17) is 9.47 Å². The molecule has 2 heterocycles. The zero-order chi connectivity index (χ0) is 18.7. The molecule has 6 heteroatoms. The lowest BCUT2D eigenvalue weighted by Gasteiger charge is -2.25. The molecule has 0 aliphatic carbocycles. The highest BCUT2D eigenvalue weighted by molar-refractivity contribution is 5.79. The minimum atomic E-state index is -0.194. The van der Waals surface area contributed by atoms with Crippen LogP contribution in [0.25, 0.3) is 0 Å². The maximum Gasteiger partial charge on any atom is 0.227 e. The van der Waals surface area contributed by atoms with Crippen molar-refractivity contribution in [3.8, 4) is 11.5 Å². The number of hydrogen-bond donors (Lipinski definition) is 1. The predicted octanol–water partition coefficient (Wildman–Crippen LogP) is 2.79. The maximum absolute atomic E-state index is 12.6. The lowest BCUT2D eigenvalue weighted by molar-refractivity contribution is -0.126. The van der Waals surface area contributed by atoms with Gasteiger partial charge in [0.15, 0.2) is 0 Å². The molecule has 1 amide bonds. The molecule has 3 rings (SSSR count). The van der Waals surface area contributed by atoms with Gasteiger partial charge in [-0.2, -0.15) is 5.10 Å². The van der Waals surface area contributed by atoms with E-state index in [1.165, 1.54) is 0 Å². The van der Waals surface area contributed by atoms with Crippen molar-refractivity contribution in [1.82, 2.24) is 15.1 Å². The third-order valence-corrected chi connectivity index (χ3v) is 4.95. The Bertz CT molecular complexity index is 798. The zero-order valence-corrected chi connectivity index (χ0v) is 16.0. The molecule has 1 aliphatic heterocycles. The Kier molecular flexibility index (Phi) is 5.49. The number of carbonyl (C=O) groups is 1. The third-order valence-electron chi connectivity index (χ3n) is 4.95. The Hall–Kier alpha value is -2.50. The Morgan fingerprint density at radius 2 is 2.23 bits per heavy atom. The van der Waals surface area contributed by atoms with Gasteiger partial charge in [0.05, 0.1) is 18.7 Å². The number of methoxy groups -OCH3 is 1. The number of carbonyl (C=O) groups excluding carboxylic acids is 1. The second kappa shape index (κ2) is 7.81. The molecule has 140 valence electrons. The first-order valence-corrected chi connectivity index (χ1v) is 9.13. The molecule has 6 nitrogen and oxygen atoms in total. The SMILES string of the molecule is CCCn1nc(C)c(CNC(=O)[C@H]2COc3ccc(OC)cc3C2)c1C. The van der Waals surface area contributed by atoms with Gasteiger partial charge in [-0.3, -0.25) is 9.48 Å². The van der Waals surface area contributed by atoms with Crippen LogP contribution in [0.15, 0.2) is 18.2 Å². The lowest BCUT2D eigenvalue weighted by atomic mass is 9.95. The van der Waals surface area contributed by atoms with Crippen LogP contribution in [0.4, 0.5) is 0 Å². The van der Waals surface area contributed by atoms with Gasteiger partial charge in [0.2, 0.25) is 5.91 Å². The van der Waals surface area contributed by atoms with Gasteiger partial charge in [0, 0.05) is 24.3 Å². The first-order valence-electron chi connectivity index (χ1n) is 9.13. The van der Waals surface area contributed by atoms with Crippen LogP contribution in [0.5, 0.6) is 11.5 Å². The molecule has 1 aromatic carbocycles. The Morgan fingerprint density at radius 3 is 2.96 bits per heavy atom. The van der Waals surface area contributed by atoms with Crippen molar-refractivity contribution in [2.24, 2.45) is 5.92 Å². The molecule has 1 N–H and O–H groups in total.